The van der Waals surface area contributed by atoms with Gasteiger partial charge in [-0.3, -0.25) is 4.79 Å². The first kappa shape index (κ1) is 13.7. The zero-order valence-electron chi connectivity index (χ0n) is 9.82. The highest BCUT2D eigenvalue weighted by Gasteiger charge is 2.20. The zero-order chi connectivity index (χ0) is 14.9. The van der Waals surface area contributed by atoms with Gasteiger partial charge in [0.15, 0.2) is 5.82 Å². The van der Waals surface area contributed by atoms with E-state index in [4.69, 9.17) is 0 Å². The van der Waals surface area contributed by atoms with E-state index >= 15 is 0 Å². The lowest BCUT2D eigenvalue weighted by atomic mass is 10.1. The van der Waals surface area contributed by atoms with E-state index in [0.717, 1.165) is 12.1 Å². The normalized spacial score (nSPS) is 10.3. The predicted molar refractivity (Wildman–Crippen MR) is 64.0 cm³/mol. The second-order valence-electron chi connectivity index (χ2n) is 3.87. The molecule has 0 aliphatic carbocycles. The minimum Gasteiger partial charge on any atom is -0.507 e. The molecule has 0 saturated carbocycles. The second-order valence-corrected chi connectivity index (χ2v) is 3.87. The van der Waals surface area contributed by atoms with Crippen LogP contribution in [-0.2, 0) is 0 Å². The van der Waals surface area contributed by atoms with Gasteiger partial charge in [-0.2, -0.15) is 0 Å². The number of carbonyl (C=O) groups excluding carboxylic acids is 1. The van der Waals surface area contributed by atoms with Crippen molar-refractivity contribution in [1.82, 2.24) is 0 Å². The zero-order valence-corrected chi connectivity index (χ0v) is 9.82. The Hall–Kier alpha value is -2.70. The molecule has 0 unspecified atom stereocenters. The number of anilines is 1. The fraction of sp³-hybridized carbons (Fsp3) is 0. The molecular weight excluding hydrogens is 275 g/mol. The summed E-state index contributed by atoms with van der Waals surface area (Å²) in [5.74, 6) is -6.04. The Labute approximate surface area is 111 Å². The Bertz CT molecular complexity index is 645. The van der Waals surface area contributed by atoms with Gasteiger partial charge >= 0.3 is 0 Å². The molecule has 2 rings (SSSR count). The number of rotatable bonds is 2. The Morgan fingerprint density at radius 2 is 1.70 bits per heavy atom. The first-order chi connectivity index (χ1) is 9.40. The summed E-state index contributed by atoms with van der Waals surface area (Å²) >= 11 is 0. The van der Waals surface area contributed by atoms with Crippen molar-refractivity contribution in [2.75, 3.05) is 5.32 Å². The molecule has 0 saturated heterocycles. The third-order valence-electron chi connectivity index (χ3n) is 2.49. The highest BCUT2D eigenvalue weighted by atomic mass is 19.1. The van der Waals surface area contributed by atoms with Crippen LogP contribution in [0.2, 0.25) is 0 Å². The number of aromatic hydroxyl groups is 2. The lowest BCUT2D eigenvalue weighted by molar-refractivity contribution is 0.101. The van der Waals surface area contributed by atoms with Crippen molar-refractivity contribution in [3.05, 3.63) is 53.3 Å². The largest absolute Gasteiger partial charge is 0.507 e. The van der Waals surface area contributed by atoms with E-state index < -0.39 is 46.1 Å². The summed E-state index contributed by atoms with van der Waals surface area (Å²) < 4.78 is 39.6. The monoisotopic (exact) mass is 283 g/mol. The van der Waals surface area contributed by atoms with Gasteiger partial charge in [0, 0.05) is 12.1 Å². The molecule has 1 amide bonds. The number of phenols is 2. The van der Waals surface area contributed by atoms with E-state index in [-0.39, 0.29) is 0 Å². The molecule has 20 heavy (non-hydrogen) atoms. The quantitative estimate of drug-likeness (QED) is 0.742. The second kappa shape index (κ2) is 5.12. The summed E-state index contributed by atoms with van der Waals surface area (Å²) in [6, 6.07) is 4.22. The van der Waals surface area contributed by atoms with Crippen LogP contribution in [0.5, 0.6) is 11.5 Å². The number of halogens is 3. The molecule has 0 atom stereocenters. The predicted octanol–water partition coefficient (Wildman–Crippen LogP) is 2.77. The van der Waals surface area contributed by atoms with E-state index in [0.29, 0.717) is 12.1 Å². The van der Waals surface area contributed by atoms with E-state index in [1.165, 1.54) is 6.07 Å². The average molecular weight is 283 g/mol. The summed E-state index contributed by atoms with van der Waals surface area (Å²) in [6.07, 6.45) is 0. The fourth-order valence-corrected chi connectivity index (χ4v) is 1.60. The molecule has 2 aromatic carbocycles. The van der Waals surface area contributed by atoms with Crippen molar-refractivity contribution in [2.45, 2.75) is 0 Å². The number of benzene rings is 2. The number of carbonyl (C=O) groups is 1. The smallest absolute Gasteiger partial charge is 0.262 e. The summed E-state index contributed by atoms with van der Waals surface area (Å²) in [5, 5.41) is 20.7. The topological polar surface area (TPSA) is 69.6 Å². The molecule has 0 fully saturated rings. The highest BCUT2D eigenvalue weighted by Crippen LogP contribution is 2.28. The Kier molecular flexibility index (Phi) is 3.51. The first-order valence-electron chi connectivity index (χ1n) is 5.37. The van der Waals surface area contributed by atoms with Crippen LogP contribution in [0, 0.1) is 17.5 Å². The maximum atomic E-state index is 13.4. The number of phenolic OH excluding ortho intramolecular Hbond substituents is 2. The number of amides is 1. The van der Waals surface area contributed by atoms with Crippen LogP contribution in [0.25, 0.3) is 0 Å². The number of hydrogen-bond donors (Lipinski definition) is 3. The van der Waals surface area contributed by atoms with Crippen molar-refractivity contribution < 1.29 is 28.2 Å². The Morgan fingerprint density at radius 3 is 2.30 bits per heavy atom. The molecule has 7 heteroatoms. The van der Waals surface area contributed by atoms with E-state index in [1.807, 2.05) is 5.32 Å². The molecule has 4 nitrogen and oxygen atoms in total. The standard InChI is InChI=1S/C13H8F3NO3/c14-6-4-8(16)11(10(19)5-6)13(20)17-12-7(15)2-1-3-9(12)18/h1-5,18-19H,(H,17,20). The molecule has 0 heterocycles. The van der Waals surface area contributed by atoms with Gasteiger partial charge in [-0.1, -0.05) is 6.07 Å². The van der Waals surface area contributed by atoms with E-state index in [9.17, 15) is 28.2 Å². The molecule has 0 spiro atoms. The summed E-state index contributed by atoms with van der Waals surface area (Å²) in [7, 11) is 0. The maximum absolute atomic E-state index is 13.4. The minimum atomic E-state index is -1.31. The van der Waals surface area contributed by atoms with Crippen LogP contribution < -0.4 is 5.32 Å². The van der Waals surface area contributed by atoms with Crippen LogP contribution in [0.3, 0.4) is 0 Å². The van der Waals surface area contributed by atoms with Crippen LogP contribution >= 0.6 is 0 Å². The number of hydrogen-bond acceptors (Lipinski definition) is 3. The molecule has 0 aliphatic heterocycles. The fourth-order valence-electron chi connectivity index (χ4n) is 1.60. The molecule has 0 bridgehead atoms. The van der Waals surface area contributed by atoms with Gasteiger partial charge in [0.1, 0.15) is 34.4 Å². The third-order valence-corrected chi connectivity index (χ3v) is 2.49. The van der Waals surface area contributed by atoms with Gasteiger partial charge < -0.3 is 15.5 Å². The van der Waals surface area contributed by atoms with Gasteiger partial charge in [0.2, 0.25) is 0 Å². The van der Waals surface area contributed by atoms with Gasteiger partial charge in [0.25, 0.3) is 5.91 Å². The van der Waals surface area contributed by atoms with Crippen molar-refractivity contribution in [1.29, 1.82) is 0 Å². The molecule has 0 aromatic heterocycles. The summed E-state index contributed by atoms with van der Waals surface area (Å²) in [6.45, 7) is 0. The van der Waals surface area contributed by atoms with Crippen LogP contribution in [0.15, 0.2) is 30.3 Å². The average Bonchev–Trinajstić information content (AvgIpc) is 2.32. The Balaban J connectivity index is 2.39. The highest BCUT2D eigenvalue weighted by molar-refractivity contribution is 6.07. The van der Waals surface area contributed by atoms with Gasteiger partial charge in [-0.25, -0.2) is 13.2 Å². The number of nitrogens with one attached hydrogen (secondary N) is 1. The molecule has 3 N–H and O–H groups in total. The first-order valence-corrected chi connectivity index (χ1v) is 5.37. The summed E-state index contributed by atoms with van der Waals surface area (Å²) in [4.78, 5) is 11.8. The van der Waals surface area contributed by atoms with E-state index in [1.54, 1.807) is 0 Å². The molecule has 0 radical (unpaired) electrons. The van der Waals surface area contributed by atoms with Gasteiger partial charge in [-0.15, -0.1) is 0 Å². The number of para-hydroxylation sites is 1. The van der Waals surface area contributed by atoms with E-state index in [2.05, 4.69) is 0 Å². The lowest BCUT2D eigenvalue weighted by Gasteiger charge is -2.10. The minimum absolute atomic E-state index is 0.399. The van der Waals surface area contributed by atoms with Crippen molar-refractivity contribution in [3.8, 4) is 11.5 Å². The lowest BCUT2D eigenvalue weighted by Crippen LogP contribution is -2.15. The Morgan fingerprint density at radius 1 is 1.00 bits per heavy atom. The molecule has 104 valence electrons. The van der Waals surface area contributed by atoms with Crippen molar-refractivity contribution in [2.24, 2.45) is 0 Å². The van der Waals surface area contributed by atoms with Crippen LogP contribution in [0.4, 0.5) is 18.9 Å². The third kappa shape index (κ3) is 2.51. The van der Waals surface area contributed by atoms with Gasteiger partial charge in [-0.05, 0) is 12.1 Å². The molecule has 0 aliphatic rings. The van der Waals surface area contributed by atoms with Crippen molar-refractivity contribution >= 4 is 11.6 Å². The SMILES string of the molecule is O=C(Nc1c(O)cccc1F)c1c(O)cc(F)cc1F. The van der Waals surface area contributed by atoms with Crippen LogP contribution in [-0.4, -0.2) is 16.1 Å². The van der Waals surface area contributed by atoms with Gasteiger partial charge in [0.05, 0.1) is 0 Å². The molecular formula is C13H8F3NO3. The maximum Gasteiger partial charge on any atom is 0.262 e. The summed E-state index contributed by atoms with van der Waals surface area (Å²) in [5.41, 5.74) is -1.42. The van der Waals surface area contributed by atoms with Crippen molar-refractivity contribution in [3.63, 3.8) is 0 Å². The van der Waals surface area contributed by atoms with Crippen LogP contribution in [0.1, 0.15) is 10.4 Å². The molecule has 2 aromatic rings.